The number of thioether (sulfide) groups is 1. The predicted molar refractivity (Wildman–Crippen MR) is 68.1 cm³/mol. The Morgan fingerprint density at radius 1 is 1.41 bits per heavy atom. The molecule has 0 radical (unpaired) electrons. The molecule has 4 nitrogen and oxygen atoms in total. The van der Waals surface area contributed by atoms with Gasteiger partial charge in [-0.3, -0.25) is 4.79 Å². The zero-order chi connectivity index (χ0) is 12.3. The van der Waals surface area contributed by atoms with Crippen LogP contribution in [0, 0.1) is 17.2 Å². The summed E-state index contributed by atoms with van der Waals surface area (Å²) in [6.07, 6.45) is 5.75. The van der Waals surface area contributed by atoms with E-state index in [-0.39, 0.29) is 11.9 Å². The highest BCUT2D eigenvalue weighted by molar-refractivity contribution is 7.99. The Hall–Kier alpha value is -0.730. The second-order valence-corrected chi connectivity index (χ2v) is 5.88. The van der Waals surface area contributed by atoms with Crippen molar-refractivity contribution in [1.29, 1.82) is 5.26 Å². The summed E-state index contributed by atoms with van der Waals surface area (Å²) in [6, 6.07) is 1.51. The van der Waals surface area contributed by atoms with Crippen LogP contribution in [-0.4, -0.2) is 34.5 Å². The normalized spacial score (nSPS) is 27.8. The summed E-state index contributed by atoms with van der Waals surface area (Å²) >= 11 is 1.63. The van der Waals surface area contributed by atoms with Crippen LogP contribution < -0.4 is 5.73 Å². The smallest absolute Gasteiger partial charge is 0.241 e. The van der Waals surface area contributed by atoms with Crippen molar-refractivity contribution in [1.82, 2.24) is 4.90 Å². The van der Waals surface area contributed by atoms with Crippen molar-refractivity contribution in [2.75, 3.05) is 11.6 Å². The molecule has 5 heteroatoms. The maximum absolute atomic E-state index is 12.3. The number of hydrogen-bond donors (Lipinski definition) is 1. The fourth-order valence-electron chi connectivity index (χ4n) is 2.65. The van der Waals surface area contributed by atoms with E-state index in [0.717, 1.165) is 18.6 Å². The van der Waals surface area contributed by atoms with Gasteiger partial charge in [-0.05, 0) is 18.8 Å². The van der Waals surface area contributed by atoms with Crippen molar-refractivity contribution in [3.8, 4) is 6.07 Å². The summed E-state index contributed by atoms with van der Waals surface area (Å²) < 4.78 is 0. The molecule has 2 fully saturated rings. The largest absolute Gasteiger partial charge is 0.320 e. The van der Waals surface area contributed by atoms with Gasteiger partial charge in [0.15, 0.2) is 0 Å². The second kappa shape index (κ2) is 5.74. The van der Waals surface area contributed by atoms with E-state index >= 15 is 0 Å². The molecule has 2 rings (SSSR count). The average molecular weight is 253 g/mol. The number of hydrogen-bond acceptors (Lipinski definition) is 4. The number of nitrogens with zero attached hydrogens (tertiary/aromatic N) is 2. The molecule has 0 aromatic carbocycles. The Morgan fingerprint density at radius 3 is 2.76 bits per heavy atom. The summed E-state index contributed by atoms with van der Waals surface area (Å²) in [5.41, 5.74) is 6.08. The molecule has 2 N–H and O–H groups in total. The topological polar surface area (TPSA) is 70.1 Å². The highest BCUT2D eigenvalue weighted by Crippen LogP contribution is 2.28. The average Bonchev–Trinajstić information content (AvgIpc) is 2.86. The quantitative estimate of drug-likeness (QED) is 0.805. The van der Waals surface area contributed by atoms with E-state index in [9.17, 15) is 4.79 Å². The zero-order valence-electron chi connectivity index (χ0n) is 9.97. The maximum Gasteiger partial charge on any atom is 0.241 e. The maximum atomic E-state index is 12.3. The monoisotopic (exact) mass is 253 g/mol. The van der Waals surface area contributed by atoms with E-state index in [1.807, 2.05) is 0 Å². The van der Waals surface area contributed by atoms with Crippen LogP contribution in [0.3, 0.4) is 0 Å². The minimum absolute atomic E-state index is 0.0200. The summed E-state index contributed by atoms with van der Waals surface area (Å²) in [5.74, 6) is 1.64. The summed E-state index contributed by atoms with van der Waals surface area (Å²) in [4.78, 5) is 13.9. The molecule has 2 atom stereocenters. The van der Waals surface area contributed by atoms with E-state index in [0.29, 0.717) is 11.8 Å². The fraction of sp³-hybridized carbons (Fsp3) is 0.833. The Morgan fingerprint density at radius 2 is 2.12 bits per heavy atom. The number of carbonyl (C=O) groups is 1. The van der Waals surface area contributed by atoms with Gasteiger partial charge in [0.1, 0.15) is 6.04 Å². The molecule has 1 saturated carbocycles. The number of carbonyl (C=O) groups excluding carboxylic acids is 1. The number of amides is 1. The minimum atomic E-state index is -0.398. The van der Waals surface area contributed by atoms with E-state index in [2.05, 4.69) is 6.07 Å². The summed E-state index contributed by atoms with van der Waals surface area (Å²) in [6.45, 7) is 0. The zero-order valence-corrected chi connectivity index (χ0v) is 10.8. The molecule has 1 saturated heterocycles. The molecule has 1 amide bonds. The molecule has 1 heterocycles. The molecular formula is C12H19N3OS. The van der Waals surface area contributed by atoms with Crippen LogP contribution in [0.25, 0.3) is 0 Å². The van der Waals surface area contributed by atoms with Crippen LogP contribution >= 0.6 is 11.8 Å². The van der Waals surface area contributed by atoms with Gasteiger partial charge in [-0.2, -0.15) is 5.26 Å². The van der Waals surface area contributed by atoms with Crippen LogP contribution in [0.1, 0.15) is 32.1 Å². The van der Waals surface area contributed by atoms with Crippen LogP contribution in [0.15, 0.2) is 0 Å². The van der Waals surface area contributed by atoms with Gasteiger partial charge >= 0.3 is 0 Å². The van der Waals surface area contributed by atoms with Crippen molar-refractivity contribution < 1.29 is 4.79 Å². The lowest BCUT2D eigenvalue weighted by Crippen LogP contribution is -2.49. The number of nitrogens with two attached hydrogens (primary N) is 1. The number of nitriles is 1. The third-order valence-corrected chi connectivity index (χ3v) is 4.77. The van der Waals surface area contributed by atoms with Crippen molar-refractivity contribution in [3.63, 3.8) is 0 Å². The Labute approximate surface area is 107 Å². The van der Waals surface area contributed by atoms with Gasteiger partial charge in [-0.15, -0.1) is 11.8 Å². The Balaban J connectivity index is 1.96. The molecule has 0 bridgehead atoms. The first-order valence-corrected chi connectivity index (χ1v) is 7.43. The van der Waals surface area contributed by atoms with Gasteiger partial charge < -0.3 is 10.6 Å². The van der Waals surface area contributed by atoms with Crippen LogP contribution in [0.5, 0.6) is 0 Å². The van der Waals surface area contributed by atoms with Gasteiger partial charge in [0.2, 0.25) is 5.91 Å². The fourth-order valence-corrected chi connectivity index (χ4v) is 3.74. The Kier molecular flexibility index (Phi) is 4.30. The second-order valence-electron chi connectivity index (χ2n) is 4.88. The lowest BCUT2D eigenvalue weighted by Gasteiger charge is -2.30. The highest BCUT2D eigenvalue weighted by atomic mass is 32.2. The van der Waals surface area contributed by atoms with Gasteiger partial charge in [0, 0.05) is 5.75 Å². The third kappa shape index (κ3) is 2.75. The van der Waals surface area contributed by atoms with Crippen molar-refractivity contribution in [2.45, 2.75) is 44.2 Å². The first-order chi connectivity index (χ1) is 8.24. The summed E-state index contributed by atoms with van der Waals surface area (Å²) in [7, 11) is 0. The van der Waals surface area contributed by atoms with Crippen molar-refractivity contribution in [2.24, 2.45) is 11.7 Å². The predicted octanol–water partition coefficient (Wildman–Crippen LogP) is 1.32. The van der Waals surface area contributed by atoms with Crippen LogP contribution in [-0.2, 0) is 4.79 Å². The standard InChI is InChI=1S/C12H19N3OS/c13-6-10-7-17-8-15(10)12(16)11(14)9-4-2-1-3-5-9/h9-11H,1-5,7-8,14H2/t10-,11?/m1/s1. The molecule has 0 aromatic heterocycles. The molecule has 0 aromatic rings. The van der Waals surface area contributed by atoms with E-state index in [1.165, 1.54) is 19.3 Å². The molecule has 1 aliphatic heterocycles. The lowest BCUT2D eigenvalue weighted by molar-refractivity contribution is -0.133. The molecule has 1 unspecified atom stereocenters. The minimum Gasteiger partial charge on any atom is -0.320 e. The first kappa shape index (κ1) is 12.7. The number of rotatable bonds is 2. The molecular weight excluding hydrogens is 234 g/mol. The highest BCUT2D eigenvalue weighted by Gasteiger charge is 2.35. The SMILES string of the molecule is N#C[C@@H]1CSCN1C(=O)C(N)C1CCCCC1. The van der Waals surface area contributed by atoms with Gasteiger partial charge in [-0.1, -0.05) is 19.3 Å². The molecule has 17 heavy (non-hydrogen) atoms. The first-order valence-electron chi connectivity index (χ1n) is 6.27. The molecule has 2 aliphatic rings. The van der Waals surface area contributed by atoms with Crippen LogP contribution in [0.4, 0.5) is 0 Å². The van der Waals surface area contributed by atoms with Crippen molar-refractivity contribution in [3.05, 3.63) is 0 Å². The van der Waals surface area contributed by atoms with E-state index < -0.39 is 6.04 Å². The van der Waals surface area contributed by atoms with E-state index in [1.54, 1.807) is 16.7 Å². The Bertz CT molecular complexity index is 322. The van der Waals surface area contributed by atoms with E-state index in [4.69, 9.17) is 11.0 Å². The van der Waals surface area contributed by atoms with Crippen LogP contribution in [0.2, 0.25) is 0 Å². The molecule has 1 aliphatic carbocycles. The molecule has 94 valence electrons. The van der Waals surface area contributed by atoms with Gasteiger partial charge in [-0.25, -0.2) is 0 Å². The third-order valence-electron chi connectivity index (χ3n) is 3.76. The lowest BCUT2D eigenvalue weighted by atomic mass is 9.83. The van der Waals surface area contributed by atoms with Gasteiger partial charge in [0.05, 0.1) is 18.0 Å². The summed E-state index contributed by atoms with van der Waals surface area (Å²) in [5, 5.41) is 8.98. The van der Waals surface area contributed by atoms with Gasteiger partial charge in [0.25, 0.3) is 0 Å². The van der Waals surface area contributed by atoms with Crippen molar-refractivity contribution >= 4 is 17.7 Å². The molecule has 0 spiro atoms.